The van der Waals surface area contributed by atoms with Crippen molar-refractivity contribution in [2.45, 2.75) is 104 Å². The molecule has 9 nitrogen and oxygen atoms in total. The minimum absolute atomic E-state index is 0.0537. The Morgan fingerprint density at radius 1 is 1.10 bits per heavy atom. The van der Waals surface area contributed by atoms with Crippen LogP contribution in [-0.2, 0) is 19.1 Å². The number of aromatic nitrogens is 1. The molecule has 1 aliphatic rings. The summed E-state index contributed by atoms with van der Waals surface area (Å²) in [5.41, 5.74) is 4.24. The Balaban J connectivity index is 1.61. The number of methoxy groups -OCH3 is 1. The van der Waals surface area contributed by atoms with Crippen LogP contribution in [0.15, 0.2) is 29.8 Å². The molecule has 2 heterocycles. The average molecular weight is 601 g/mol. The smallest absolute Gasteiger partial charge is 0.246 e. The van der Waals surface area contributed by atoms with E-state index in [1.54, 1.807) is 18.4 Å². The summed E-state index contributed by atoms with van der Waals surface area (Å²) in [6.07, 6.45) is 4.49. The molecule has 0 aliphatic carbocycles. The van der Waals surface area contributed by atoms with E-state index >= 15 is 0 Å². The Kier molecular flexibility index (Phi) is 12.5. The second-order valence-corrected chi connectivity index (χ2v) is 13.2. The van der Waals surface area contributed by atoms with Gasteiger partial charge in [0.2, 0.25) is 17.7 Å². The molecule has 3 N–H and O–H groups in total. The maximum atomic E-state index is 13.8. The molecule has 42 heavy (non-hydrogen) atoms. The number of thiazole rings is 1. The van der Waals surface area contributed by atoms with Gasteiger partial charge in [0, 0.05) is 33.1 Å². The van der Waals surface area contributed by atoms with Crippen molar-refractivity contribution in [1.82, 2.24) is 20.5 Å². The SMILES string of the molecule is COCCCCCCCC(=O)N[C@H](C(=O)N1C[C@H](O)C[C@H]1C(=O)N[C@@H](C)c1ccc(-c2scnc2C)cc1)C(C)(C)C. The van der Waals surface area contributed by atoms with Gasteiger partial charge in [-0.2, -0.15) is 0 Å². The van der Waals surface area contributed by atoms with Gasteiger partial charge in [-0.1, -0.05) is 64.3 Å². The number of amides is 3. The number of carbonyl (C=O) groups is 3. The predicted molar refractivity (Wildman–Crippen MR) is 166 cm³/mol. The molecule has 1 saturated heterocycles. The third kappa shape index (κ3) is 9.34. The zero-order chi connectivity index (χ0) is 30.9. The number of β-amino-alcohol motifs (C(OH)–C–C–N with tert-alkyl or cyclic N) is 1. The average Bonchev–Trinajstić information content (AvgIpc) is 3.55. The van der Waals surface area contributed by atoms with Gasteiger partial charge < -0.3 is 25.4 Å². The quantitative estimate of drug-likeness (QED) is 0.269. The van der Waals surface area contributed by atoms with Gasteiger partial charge in [0.15, 0.2) is 0 Å². The summed E-state index contributed by atoms with van der Waals surface area (Å²) in [6, 6.07) is 6.08. The van der Waals surface area contributed by atoms with E-state index in [9.17, 15) is 19.5 Å². The van der Waals surface area contributed by atoms with Crippen molar-refractivity contribution in [3.8, 4) is 10.4 Å². The first-order valence-electron chi connectivity index (χ1n) is 15.0. The van der Waals surface area contributed by atoms with Crippen molar-refractivity contribution in [2.75, 3.05) is 20.3 Å². The summed E-state index contributed by atoms with van der Waals surface area (Å²) in [7, 11) is 1.70. The Hall–Kier alpha value is -2.82. The van der Waals surface area contributed by atoms with Crippen LogP contribution in [0, 0.1) is 12.3 Å². The van der Waals surface area contributed by atoms with Gasteiger partial charge in [0.1, 0.15) is 12.1 Å². The van der Waals surface area contributed by atoms with E-state index in [4.69, 9.17) is 4.74 Å². The van der Waals surface area contributed by atoms with Crippen molar-refractivity contribution in [2.24, 2.45) is 5.41 Å². The second-order valence-electron chi connectivity index (χ2n) is 12.4. The largest absolute Gasteiger partial charge is 0.391 e. The molecule has 3 amide bonds. The van der Waals surface area contributed by atoms with Gasteiger partial charge in [0.25, 0.3) is 0 Å². The Morgan fingerprint density at radius 2 is 1.76 bits per heavy atom. The minimum atomic E-state index is -0.817. The van der Waals surface area contributed by atoms with Crippen molar-refractivity contribution in [3.63, 3.8) is 0 Å². The number of hydrogen-bond acceptors (Lipinski definition) is 7. The summed E-state index contributed by atoms with van der Waals surface area (Å²) in [6.45, 7) is 10.4. The monoisotopic (exact) mass is 600 g/mol. The highest BCUT2D eigenvalue weighted by Crippen LogP contribution is 2.29. The molecule has 232 valence electrons. The molecule has 0 saturated carbocycles. The third-order valence-electron chi connectivity index (χ3n) is 7.81. The number of rotatable bonds is 14. The Bertz CT molecular complexity index is 1180. The van der Waals surface area contributed by atoms with Crippen LogP contribution < -0.4 is 10.6 Å². The van der Waals surface area contributed by atoms with Crippen molar-refractivity contribution < 1.29 is 24.2 Å². The molecular weight excluding hydrogens is 552 g/mol. The van der Waals surface area contributed by atoms with Crippen LogP contribution in [-0.4, -0.2) is 71.2 Å². The number of nitrogens with one attached hydrogen (secondary N) is 2. The van der Waals surface area contributed by atoms with E-state index in [2.05, 4.69) is 15.6 Å². The predicted octanol–water partition coefficient (Wildman–Crippen LogP) is 4.78. The van der Waals surface area contributed by atoms with Crippen LogP contribution in [0.2, 0.25) is 0 Å². The summed E-state index contributed by atoms with van der Waals surface area (Å²) < 4.78 is 5.07. The topological polar surface area (TPSA) is 121 Å². The number of benzene rings is 1. The lowest BCUT2D eigenvalue weighted by Crippen LogP contribution is -2.57. The van der Waals surface area contributed by atoms with E-state index in [0.717, 1.165) is 60.4 Å². The number of ether oxygens (including phenoxy) is 1. The van der Waals surface area contributed by atoms with Crippen LogP contribution in [0.1, 0.15) is 89.9 Å². The molecule has 3 rings (SSSR count). The molecule has 1 fully saturated rings. The van der Waals surface area contributed by atoms with Crippen molar-refractivity contribution >= 4 is 29.1 Å². The molecular formula is C32H48N4O5S. The van der Waals surface area contributed by atoms with Crippen LogP contribution in [0.4, 0.5) is 0 Å². The van der Waals surface area contributed by atoms with Crippen LogP contribution in [0.25, 0.3) is 10.4 Å². The summed E-state index contributed by atoms with van der Waals surface area (Å²) in [5, 5.41) is 16.4. The number of aryl methyl sites for hydroxylation is 1. The lowest BCUT2D eigenvalue weighted by Gasteiger charge is -2.35. The van der Waals surface area contributed by atoms with Gasteiger partial charge in [-0.05, 0) is 43.2 Å². The maximum absolute atomic E-state index is 13.8. The number of likely N-dealkylation sites (tertiary alicyclic amines) is 1. The van der Waals surface area contributed by atoms with E-state index in [1.807, 2.05) is 64.4 Å². The summed E-state index contributed by atoms with van der Waals surface area (Å²) in [5.74, 6) is -0.835. The van der Waals surface area contributed by atoms with Crippen LogP contribution >= 0.6 is 11.3 Å². The minimum Gasteiger partial charge on any atom is -0.391 e. The van der Waals surface area contributed by atoms with Crippen molar-refractivity contribution in [3.05, 3.63) is 41.0 Å². The van der Waals surface area contributed by atoms with Crippen LogP contribution in [0.5, 0.6) is 0 Å². The van der Waals surface area contributed by atoms with E-state index in [1.165, 1.54) is 4.90 Å². The van der Waals surface area contributed by atoms with Gasteiger partial charge in [-0.25, -0.2) is 4.98 Å². The third-order valence-corrected chi connectivity index (χ3v) is 8.79. The lowest BCUT2D eigenvalue weighted by molar-refractivity contribution is -0.144. The number of unbranched alkanes of at least 4 members (excludes halogenated alkanes) is 4. The highest BCUT2D eigenvalue weighted by atomic mass is 32.1. The van der Waals surface area contributed by atoms with E-state index in [0.29, 0.717) is 6.42 Å². The highest BCUT2D eigenvalue weighted by Gasteiger charge is 2.44. The number of carbonyl (C=O) groups excluding carboxylic acids is 3. The fourth-order valence-corrected chi connectivity index (χ4v) is 6.12. The zero-order valence-electron chi connectivity index (χ0n) is 25.9. The first kappa shape index (κ1) is 33.7. The number of aliphatic hydroxyl groups is 1. The van der Waals surface area contributed by atoms with Gasteiger partial charge in [-0.3, -0.25) is 14.4 Å². The molecule has 0 radical (unpaired) electrons. The molecule has 0 spiro atoms. The van der Waals surface area contributed by atoms with Crippen LogP contribution in [0.3, 0.4) is 0 Å². The standard InChI is InChI=1S/C32H48N4O5S/c1-21(23-13-15-24(16-14-23)28-22(2)33-20-42-28)34-30(39)26-18-25(37)19-36(26)31(40)29(32(3,4)5)35-27(38)12-10-8-7-9-11-17-41-6/h13-16,20-21,25-26,29,37H,7-12,17-19H2,1-6H3,(H,34,39)(H,35,38)/t21-,25+,26-,29+/m0/s1. The second kappa shape index (κ2) is 15.6. The normalized spacial score (nSPS) is 18.5. The maximum Gasteiger partial charge on any atom is 0.246 e. The molecule has 1 aromatic carbocycles. The summed E-state index contributed by atoms with van der Waals surface area (Å²) >= 11 is 1.59. The van der Waals surface area contributed by atoms with E-state index in [-0.39, 0.29) is 36.7 Å². The number of hydrogen-bond donors (Lipinski definition) is 3. The summed E-state index contributed by atoms with van der Waals surface area (Å²) in [4.78, 5) is 46.9. The Morgan fingerprint density at radius 3 is 2.38 bits per heavy atom. The van der Waals surface area contributed by atoms with Gasteiger partial charge in [-0.15, -0.1) is 11.3 Å². The fourth-order valence-electron chi connectivity index (χ4n) is 5.31. The van der Waals surface area contributed by atoms with Gasteiger partial charge >= 0.3 is 0 Å². The molecule has 0 bridgehead atoms. The molecule has 4 atom stereocenters. The molecule has 2 aromatic rings. The zero-order valence-corrected chi connectivity index (χ0v) is 26.8. The highest BCUT2D eigenvalue weighted by molar-refractivity contribution is 7.13. The first-order valence-corrected chi connectivity index (χ1v) is 15.9. The number of nitrogens with zero attached hydrogens (tertiary/aromatic N) is 2. The fraction of sp³-hybridized carbons (Fsp3) is 0.625. The molecule has 10 heteroatoms. The Labute approximate surface area is 254 Å². The van der Waals surface area contributed by atoms with E-state index < -0.39 is 23.6 Å². The van der Waals surface area contributed by atoms with Crippen molar-refractivity contribution in [1.29, 1.82) is 0 Å². The van der Waals surface area contributed by atoms with Gasteiger partial charge in [0.05, 0.1) is 28.2 Å². The number of aliphatic hydroxyl groups excluding tert-OH is 1. The first-order chi connectivity index (χ1) is 19.9. The lowest BCUT2D eigenvalue weighted by atomic mass is 9.85. The molecule has 1 aromatic heterocycles. The molecule has 1 aliphatic heterocycles. The molecule has 0 unspecified atom stereocenters.